The van der Waals surface area contributed by atoms with E-state index >= 15 is 0 Å². The number of piperidine rings is 1. The van der Waals surface area contributed by atoms with Gasteiger partial charge in [0.05, 0.1) is 30.2 Å². The van der Waals surface area contributed by atoms with Gasteiger partial charge in [0.15, 0.2) is 0 Å². The highest BCUT2D eigenvalue weighted by molar-refractivity contribution is 7.93. The molecule has 2 aliphatic rings. The summed E-state index contributed by atoms with van der Waals surface area (Å²) >= 11 is 0. The van der Waals surface area contributed by atoms with Gasteiger partial charge in [-0.15, -0.1) is 0 Å². The van der Waals surface area contributed by atoms with E-state index in [2.05, 4.69) is 17.1 Å². The zero-order chi connectivity index (χ0) is 25.2. The second kappa shape index (κ2) is 10.6. The number of likely N-dealkylation sites (tertiary alicyclic amines) is 1. The van der Waals surface area contributed by atoms with E-state index < -0.39 is 15.9 Å². The van der Waals surface area contributed by atoms with Crippen LogP contribution in [0.1, 0.15) is 55.2 Å². The van der Waals surface area contributed by atoms with E-state index in [4.69, 9.17) is 4.74 Å². The number of anilines is 1. The summed E-state index contributed by atoms with van der Waals surface area (Å²) < 4.78 is 34.2. The molecule has 0 spiro atoms. The van der Waals surface area contributed by atoms with E-state index in [1.165, 1.54) is 23.6 Å². The number of para-hydroxylation sites is 1. The Balaban J connectivity index is 1.48. The van der Waals surface area contributed by atoms with Crippen LogP contribution in [0.4, 0.5) is 5.69 Å². The number of methoxy groups -OCH3 is 1. The summed E-state index contributed by atoms with van der Waals surface area (Å²) in [7, 11) is -2.28. The fourth-order valence-corrected chi connectivity index (χ4v) is 7.11. The summed E-state index contributed by atoms with van der Waals surface area (Å²) in [6.07, 6.45) is 4.66. The molecule has 1 N–H and O–H groups in total. The van der Waals surface area contributed by atoms with E-state index in [0.29, 0.717) is 29.6 Å². The van der Waals surface area contributed by atoms with Crippen LogP contribution in [0.25, 0.3) is 0 Å². The van der Waals surface area contributed by atoms with Gasteiger partial charge >= 0.3 is 0 Å². The zero-order valence-corrected chi connectivity index (χ0v) is 22.0. The molecule has 35 heavy (non-hydrogen) atoms. The Morgan fingerprint density at radius 3 is 2.63 bits per heavy atom. The van der Waals surface area contributed by atoms with Crippen molar-refractivity contribution in [2.45, 2.75) is 63.3 Å². The van der Waals surface area contributed by atoms with Gasteiger partial charge in [-0.1, -0.05) is 24.6 Å². The third-order valence-corrected chi connectivity index (χ3v) is 9.51. The van der Waals surface area contributed by atoms with Gasteiger partial charge in [-0.25, -0.2) is 8.42 Å². The summed E-state index contributed by atoms with van der Waals surface area (Å²) in [5.74, 6) is -0.00140. The highest BCUT2D eigenvalue weighted by atomic mass is 32.2. The predicted octanol–water partition coefficient (Wildman–Crippen LogP) is 3.99. The minimum atomic E-state index is -3.85. The van der Waals surface area contributed by atoms with Gasteiger partial charge in [0.25, 0.3) is 10.0 Å². The van der Waals surface area contributed by atoms with E-state index in [1.807, 2.05) is 25.1 Å². The third kappa shape index (κ3) is 5.05. The third-order valence-electron chi connectivity index (χ3n) is 7.58. The van der Waals surface area contributed by atoms with Crippen LogP contribution in [0.5, 0.6) is 5.75 Å². The molecule has 1 fully saturated rings. The first-order valence-corrected chi connectivity index (χ1v) is 14.0. The van der Waals surface area contributed by atoms with Crippen LogP contribution < -0.4 is 14.4 Å². The lowest BCUT2D eigenvalue weighted by atomic mass is 10.0. The smallest absolute Gasteiger partial charge is 0.264 e. The summed E-state index contributed by atoms with van der Waals surface area (Å²) in [6.45, 7) is 8.70. The Morgan fingerprint density at radius 1 is 1.11 bits per heavy atom. The molecule has 2 aliphatic heterocycles. The molecule has 0 aromatic heterocycles. The van der Waals surface area contributed by atoms with E-state index in [9.17, 15) is 13.2 Å². The zero-order valence-electron chi connectivity index (χ0n) is 21.2. The van der Waals surface area contributed by atoms with Crippen LogP contribution in [0.2, 0.25) is 0 Å². The molecule has 8 heteroatoms. The average molecular weight is 500 g/mol. The first kappa shape index (κ1) is 25.5. The molecular weight excluding hydrogens is 462 g/mol. The minimum absolute atomic E-state index is 0.0984. The quantitative estimate of drug-likeness (QED) is 0.556. The molecule has 0 aliphatic carbocycles. The van der Waals surface area contributed by atoms with Crippen molar-refractivity contribution >= 4 is 21.6 Å². The minimum Gasteiger partial charge on any atom is -0.496 e. The fourth-order valence-electron chi connectivity index (χ4n) is 5.32. The van der Waals surface area contributed by atoms with Crippen molar-refractivity contribution in [3.63, 3.8) is 0 Å². The van der Waals surface area contributed by atoms with Crippen molar-refractivity contribution in [1.82, 2.24) is 10.2 Å². The number of benzene rings is 2. The number of amides is 1. The van der Waals surface area contributed by atoms with Crippen LogP contribution in [0.15, 0.2) is 41.3 Å². The Morgan fingerprint density at radius 2 is 1.89 bits per heavy atom. The molecule has 190 valence electrons. The number of hydrogen-bond acceptors (Lipinski definition) is 5. The number of nitrogens with zero attached hydrogens (tertiary/aromatic N) is 2. The SMILES string of the molecule is COc1ccc(S(=O)(=O)N2C[C@@H](C(=O)NCCCN3CCCC[C@H]3C)c3ccccc32)c(C)c1C. The van der Waals surface area contributed by atoms with Crippen LogP contribution in [0.3, 0.4) is 0 Å². The molecule has 2 aromatic carbocycles. The largest absolute Gasteiger partial charge is 0.496 e. The molecule has 2 heterocycles. The fraction of sp³-hybridized carbons (Fsp3) is 0.519. The number of sulfonamides is 1. The molecule has 0 radical (unpaired) electrons. The first-order chi connectivity index (χ1) is 16.8. The maximum atomic E-state index is 13.8. The maximum Gasteiger partial charge on any atom is 0.264 e. The number of carbonyl (C=O) groups excluding carboxylic acids is 1. The van der Waals surface area contributed by atoms with Gasteiger partial charge in [0.2, 0.25) is 5.91 Å². The van der Waals surface area contributed by atoms with Gasteiger partial charge < -0.3 is 15.0 Å². The Labute approximate surface area is 209 Å². The summed E-state index contributed by atoms with van der Waals surface area (Å²) in [5, 5.41) is 3.06. The molecule has 0 saturated carbocycles. The molecule has 2 aromatic rings. The summed E-state index contributed by atoms with van der Waals surface area (Å²) in [6, 6.07) is 11.2. The Hall–Kier alpha value is -2.58. The first-order valence-electron chi connectivity index (χ1n) is 12.5. The Kier molecular flexibility index (Phi) is 7.71. The highest BCUT2D eigenvalue weighted by Gasteiger charge is 2.40. The summed E-state index contributed by atoms with van der Waals surface area (Å²) in [4.78, 5) is 15.9. The van der Waals surface area contributed by atoms with E-state index in [0.717, 1.165) is 30.6 Å². The monoisotopic (exact) mass is 499 g/mol. The van der Waals surface area contributed by atoms with Crippen LogP contribution >= 0.6 is 0 Å². The number of ether oxygens (including phenoxy) is 1. The number of hydrogen-bond donors (Lipinski definition) is 1. The highest BCUT2D eigenvalue weighted by Crippen LogP contribution is 2.41. The van der Waals surface area contributed by atoms with Crippen molar-refractivity contribution in [3.8, 4) is 5.75 Å². The normalized spacial score (nSPS) is 20.5. The van der Waals surface area contributed by atoms with Crippen LogP contribution in [-0.4, -0.2) is 58.6 Å². The molecule has 2 atom stereocenters. The molecule has 4 rings (SSSR count). The average Bonchev–Trinajstić information content (AvgIpc) is 3.25. The number of nitrogens with one attached hydrogen (secondary N) is 1. The second-order valence-electron chi connectivity index (χ2n) is 9.69. The predicted molar refractivity (Wildman–Crippen MR) is 139 cm³/mol. The molecular formula is C27H37N3O4S. The van der Waals surface area contributed by atoms with E-state index in [-0.39, 0.29) is 17.3 Å². The van der Waals surface area contributed by atoms with Gasteiger partial charge in [-0.05, 0) is 81.5 Å². The van der Waals surface area contributed by atoms with Crippen molar-refractivity contribution < 1.29 is 17.9 Å². The molecule has 1 amide bonds. The molecule has 1 saturated heterocycles. The standard InChI is InChI=1S/C27H37N3O4S/c1-19-10-7-8-16-29(19)17-9-15-28-27(31)23-18-30(24-12-6-5-11-22(23)24)35(32,33)26-14-13-25(34-4)20(2)21(26)3/h5-6,11-14,19,23H,7-10,15-18H2,1-4H3,(H,28,31)/t19-,23-/m1/s1. The second-order valence-corrected chi connectivity index (χ2v) is 11.5. The Bertz CT molecular complexity index is 1180. The lowest BCUT2D eigenvalue weighted by molar-refractivity contribution is -0.122. The van der Waals surface area contributed by atoms with Gasteiger partial charge in [0.1, 0.15) is 5.75 Å². The lowest BCUT2D eigenvalue weighted by Gasteiger charge is -2.33. The van der Waals surface area contributed by atoms with Crippen molar-refractivity contribution in [3.05, 3.63) is 53.1 Å². The number of rotatable bonds is 8. The van der Waals surface area contributed by atoms with Crippen molar-refractivity contribution in [1.29, 1.82) is 0 Å². The number of fused-ring (bicyclic) bond motifs is 1. The van der Waals surface area contributed by atoms with E-state index in [1.54, 1.807) is 32.2 Å². The van der Waals surface area contributed by atoms with Gasteiger partial charge in [0, 0.05) is 19.1 Å². The topological polar surface area (TPSA) is 79.0 Å². The van der Waals surface area contributed by atoms with Crippen LogP contribution in [-0.2, 0) is 14.8 Å². The maximum absolute atomic E-state index is 13.8. The van der Waals surface area contributed by atoms with Crippen LogP contribution in [0, 0.1) is 13.8 Å². The van der Waals surface area contributed by atoms with Gasteiger partial charge in [-0.3, -0.25) is 9.10 Å². The van der Waals surface area contributed by atoms with Gasteiger partial charge in [-0.2, -0.15) is 0 Å². The van der Waals surface area contributed by atoms with Crippen molar-refractivity contribution in [2.24, 2.45) is 0 Å². The molecule has 0 bridgehead atoms. The molecule has 7 nitrogen and oxygen atoms in total. The lowest BCUT2D eigenvalue weighted by Crippen LogP contribution is -2.40. The van der Waals surface area contributed by atoms with Crippen molar-refractivity contribution in [2.75, 3.05) is 37.6 Å². The molecule has 0 unspecified atom stereocenters. The summed E-state index contributed by atoms with van der Waals surface area (Å²) in [5.41, 5.74) is 2.77. The number of carbonyl (C=O) groups is 1.